The summed E-state index contributed by atoms with van der Waals surface area (Å²) < 4.78 is 16.0. The zero-order chi connectivity index (χ0) is 20.6. The summed E-state index contributed by atoms with van der Waals surface area (Å²) >= 11 is 0. The summed E-state index contributed by atoms with van der Waals surface area (Å²) in [6.45, 7) is 1.63. The number of hydrogen-bond donors (Lipinski definition) is 3. The number of halogens is 1. The zero-order valence-electron chi connectivity index (χ0n) is 16.3. The van der Waals surface area contributed by atoms with Crippen LogP contribution in [-0.2, 0) is 12.2 Å². The third-order valence-electron chi connectivity index (χ3n) is 5.77. The summed E-state index contributed by atoms with van der Waals surface area (Å²) in [7, 11) is 0. The summed E-state index contributed by atoms with van der Waals surface area (Å²) in [5, 5.41) is 34.9. The first-order chi connectivity index (χ1) is 13.9. The number of aliphatic hydroxyl groups is 3. The molecule has 0 radical (unpaired) electrons. The van der Waals surface area contributed by atoms with Crippen LogP contribution in [0.1, 0.15) is 42.5 Å². The molecule has 29 heavy (non-hydrogen) atoms. The number of aryl methyl sites for hydroxylation is 1. The van der Waals surface area contributed by atoms with Crippen molar-refractivity contribution < 1.29 is 19.7 Å². The van der Waals surface area contributed by atoms with Gasteiger partial charge in [0.25, 0.3) is 0 Å². The molecule has 1 aliphatic rings. The Hall–Kier alpha value is -2.54. The number of rotatable bonds is 4. The molecule has 0 atom stereocenters. The maximum atomic E-state index is 14.3. The minimum Gasteiger partial charge on any atom is -0.393 e. The second kappa shape index (κ2) is 7.71. The molecule has 6 heteroatoms. The number of hydrogen-bond acceptors (Lipinski definition) is 4. The van der Waals surface area contributed by atoms with Crippen LogP contribution in [0.15, 0.2) is 48.5 Å². The molecule has 5 nitrogen and oxygen atoms in total. The third-order valence-corrected chi connectivity index (χ3v) is 5.77. The van der Waals surface area contributed by atoms with Gasteiger partial charge >= 0.3 is 0 Å². The van der Waals surface area contributed by atoms with Gasteiger partial charge in [-0.25, -0.2) is 9.07 Å². The largest absolute Gasteiger partial charge is 0.393 e. The van der Waals surface area contributed by atoms with Crippen LogP contribution in [0.4, 0.5) is 4.39 Å². The molecule has 2 aromatic carbocycles. The molecule has 0 amide bonds. The van der Waals surface area contributed by atoms with Crippen molar-refractivity contribution in [3.05, 3.63) is 71.2 Å². The summed E-state index contributed by atoms with van der Waals surface area (Å²) in [4.78, 5) is 0. The Kier molecular flexibility index (Phi) is 5.25. The summed E-state index contributed by atoms with van der Waals surface area (Å²) in [6, 6.07) is 14.4. The number of aliphatic hydroxyl groups excluding tert-OH is 2. The van der Waals surface area contributed by atoms with Gasteiger partial charge in [0.05, 0.1) is 29.8 Å². The van der Waals surface area contributed by atoms with E-state index in [-0.39, 0.29) is 12.2 Å². The Morgan fingerprint density at radius 1 is 1.10 bits per heavy atom. The fourth-order valence-electron chi connectivity index (χ4n) is 3.87. The van der Waals surface area contributed by atoms with Gasteiger partial charge in [-0.1, -0.05) is 35.9 Å². The van der Waals surface area contributed by atoms with Gasteiger partial charge in [0.2, 0.25) is 0 Å². The van der Waals surface area contributed by atoms with E-state index in [0.29, 0.717) is 37.1 Å². The van der Waals surface area contributed by atoms with Crippen LogP contribution in [0, 0.1) is 12.7 Å². The van der Waals surface area contributed by atoms with E-state index in [1.807, 2.05) is 37.3 Å². The number of benzene rings is 2. The average Bonchev–Trinajstić information content (AvgIpc) is 3.17. The van der Waals surface area contributed by atoms with Crippen molar-refractivity contribution in [1.29, 1.82) is 0 Å². The molecule has 0 spiro atoms. The van der Waals surface area contributed by atoms with E-state index in [4.69, 9.17) is 0 Å². The van der Waals surface area contributed by atoms with Crippen molar-refractivity contribution in [2.45, 2.75) is 50.9 Å². The highest BCUT2D eigenvalue weighted by atomic mass is 19.1. The Morgan fingerprint density at radius 2 is 1.79 bits per heavy atom. The minimum absolute atomic E-state index is 0.220. The van der Waals surface area contributed by atoms with Crippen molar-refractivity contribution in [3.8, 4) is 16.9 Å². The van der Waals surface area contributed by atoms with Crippen LogP contribution in [0.3, 0.4) is 0 Å². The monoisotopic (exact) mass is 396 g/mol. The van der Waals surface area contributed by atoms with Crippen LogP contribution in [0.25, 0.3) is 16.9 Å². The molecule has 0 saturated heterocycles. The predicted molar refractivity (Wildman–Crippen MR) is 108 cm³/mol. The van der Waals surface area contributed by atoms with Crippen molar-refractivity contribution in [2.24, 2.45) is 0 Å². The van der Waals surface area contributed by atoms with E-state index in [1.165, 1.54) is 12.1 Å². The van der Waals surface area contributed by atoms with Gasteiger partial charge in [-0.05, 0) is 50.8 Å². The van der Waals surface area contributed by atoms with Gasteiger partial charge in [-0.3, -0.25) is 0 Å². The molecule has 0 aliphatic heterocycles. The second-order valence-electron chi connectivity index (χ2n) is 7.89. The Bertz CT molecular complexity index is 1010. The van der Waals surface area contributed by atoms with Crippen LogP contribution in [0.2, 0.25) is 0 Å². The van der Waals surface area contributed by atoms with Crippen LogP contribution in [0.5, 0.6) is 0 Å². The quantitative estimate of drug-likeness (QED) is 0.630. The molecule has 1 heterocycles. The summed E-state index contributed by atoms with van der Waals surface area (Å²) in [6.07, 6.45) is 1.49. The maximum Gasteiger partial charge on any atom is 0.130 e. The van der Waals surface area contributed by atoms with Crippen molar-refractivity contribution in [1.82, 2.24) is 9.78 Å². The molecule has 3 aromatic rings. The standard InChI is InChI=1S/C23H25FN2O3/c1-15-2-4-16(5-3-15)21-13-22(23(29)10-8-19(28)9-11-23)25-26(21)18-7-6-17(14-27)20(24)12-18/h2-7,12-13,19,27-29H,8-11,14H2,1H3. The molecule has 152 valence electrons. The summed E-state index contributed by atoms with van der Waals surface area (Å²) in [5.41, 5.74) is 2.91. The van der Waals surface area contributed by atoms with Gasteiger partial charge < -0.3 is 15.3 Å². The van der Waals surface area contributed by atoms with Crippen LogP contribution >= 0.6 is 0 Å². The topological polar surface area (TPSA) is 78.5 Å². The zero-order valence-corrected chi connectivity index (χ0v) is 16.3. The van der Waals surface area contributed by atoms with Crippen LogP contribution in [-0.4, -0.2) is 31.2 Å². The van der Waals surface area contributed by atoms with Gasteiger partial charge in [0, 0.05) is 11.1 Å². The predicted octanol–water partition coefficient (Wildman–Crippen LogP) is 3.60. The second-order valence-corrected chi connectivity index (χ2v) is 7.89. The molecular formula is C23H25FN2O3. The van der Waals surface area contributed by atoms with E-state index in [0.717, 1.165) is 16.8 Å². The first-order valence-electron chi connectivity index (χ1n) is 9.87. The first kappa shape index (κ1) is 19.8. The molecule has 4 rings (SSSR count). The summed E-state index contributed by atoms with van der Waals surface area (Å²) in [5.74, 6) is -0.503. The Balaban J connectivity index is 1.83. The first-order valence-corrected chi connectivity index (χ1v) is 9.87. The molecule has 1 aromatic heterocycles. The van der Waals surface area contributed by atoms with Gasteiger partial charge in [-0.2, -0.15) is 5.10 Å². The lowest BCUT2D eigenvalue weighted by atomic mass is 9.81. The molecule has 0 bridgehead atoms. The molecular weight excluding hydrogens is 371 g/mol. The molecule has 3 N–H and O–H groups in total. The minimum atomic E-state index is -1.12. The molecule has 0 unspecified atom stereocenters. The molecule has 1 aliphatic carbocycles. The molecule has 1 saturated carbocycles. The average molecular weight is 396 g/mol. The van der Waals surface area contributed by atoms with Crippen molar-refractivity contribution in [3.63, 3.8) is 0 Å². The van der Waals surface area contributed by atoms with Gasteiger partial charge in [0.1, 0.15) is 11.4 Å². The maximum absolute atomic E-state index is 14.3. The number of nitrogens with zero attached hydrogens (tertiary/aromatic N) is 2. The van der Waals surface area contributed by atoms with Gasteiger partial charge in [-0.15, -0.1) is 0 Å². The normalized spacial score (nSPS) is 22.0. The highest BCUT2D eigenvalue weighted by Crippen LogP contribution is 2.38. The van der Waals surface area contributed by atoms with Crippen molar-refractivity contribution in [2.75, 3.05) is 0 Å². The molecule has 1 fully saturated rings. The van der Waals surface area contributed by atoms with Crippen molar-refractivity contribution >= 4 is 0 Å². The Morgan fingerprint density at radius 3 is 2.41 bits per heavy atom. The fourth-order valence-corrected chi connectivity index (χ4v) is 3.87. The van der Waals surface area contributed by atoms with E-state index in [2.05, 4.69) is 5.10 Å². The van der Waals surface area contributed by atoms with E-state index < -0.39 is 17.5 Å². The Labute approximate surface area is 169 Å². The third kappa shape index (κ3) is 3.83. The fraction of sp³-hybridized carbons (Fsp3) is 0.348. The SMILES string of the molecule is Cc1ccc(-c2cc(C3(O)CCC(O)CC3)nn2-c2ccc(CO)c(F)c2)cc1. The highest BCUT2D eigenvalue weighted by molar-refractivity contribution is 5.63. The number of aromatic nitrogens is 2. The lowest BCUT2D eigenvalue weighted by molar-refractivity contribution is -0.0393. The highest BCUT2D eigenvalue weighted by Gasteiger charge is 2.37. The van der Waals surface area contributed by atoms with E-state index in [1.54, 1.807) is 10.7 Å². The van der Waals surface area contributed by atoms with E-state index >= 15 is 0 Å². The van der Waals surface area contributed by atoms with Crippen LogP contribution < -0.4 is 0 Å². The van der Waals surface area contributed by atoms with Gasteiger partial charge in [0.15, 0.2) is 0 Å². The van der Waals surface area contributed by atoms with E-state index in [9.17, 15) is 19.7 Å². The smallest absolute Gasteiger partial charge is 0.130 e. The lowest BCUT2D eigenvalue weighted by Crippen LogP contribution is -2.33. The lowest BCUT2D eigenvalue weighted by Gasteiger charge is -2.32.